The van der Waals surface area contributed by atoms with Crippen molar-refractivity contribution >= 4 is 11.6 Å². The van der Waals surface area contributed by atoms with Crippen molar-refractivity contribution in [3.8, 4) is 0 Å². The third kappa shape index (κ3) is 1.03. The minimum Gasteiger partial charge on any atom is -0.390 e. The lowest BCUT2D eigenvalue weighted by atomic mass is 9.80. The van der Waals surface area contributed by atoms with Crippen LogP contribution in [0.2, 0.25) is 0 Å². The molecule has 0 aromatic heterocycles. The van der Waals surface area contributed by atoms with Crippen LogP contribution in [0.25, 0.3) is 0 Å². The topological polar surface area (TPSA) is 49.8 Å². The smallest absolute Gasteiger partial charge is 0.233 e. The van der Waals surface area contributed by atoms with Gasteiger partial charge in [0.2, 0.25) is 5.91 Å². The summed E-state index contributed by atoms with van der Waals surface area (Å²) < 4.78 is 6.03. The summed E-state index contributed by atoms with van der Waals surface area (Å²) in [6, 6.07) is 9.75. The molecule has 2 aliphatic heterocycles. The highest BCUT2D eigenvalue weighted by Crippen LogP contribution is 2.63. The zero-order chi connectivity index (χ0) is 12.7. The normalized spacial score (nSPS) is 49.4. The van der Waals surface area contributed by atoms with Gasteiger partial charge in [0.1, 0.15) is 6.23 Å². The second-order valence-corrected chi connectivity index (χ2v) is 6.19. The molecule has 0 unspecified atom stereocenters. The van der Waals surface area contributed by atoms with Crippen LogP contribution in [0.15, 0.2) is 30.3 Å². The van der Waals surface area contributed by atoms with E-state index >= 15 is 0 Å². The van der Waals surface area contributed by atoms with Crippen LogP contribution in [0.4, 0.5) is 5.69 Å². The number of ether oxygens (including phenoxy) is 1. The van der Waals surface area contributed by atoms with E-state index < -0.39 is 6.10 Å². The van der Waals surface area contributed by atoms with Crippen LogP contribution in [-0.2, 0) is 9.53 Å². The molecule has 2 heterocycles. The molecule has 4 fully saturated rings. The first-order valence-electron chi connectivity index (χ1n) is 6.99. The van der Waals surface area contributed by atoms with Gasteiger partial charge in [-0.25, -0.2) is 0 Å². The summed E-state index contributed by atoms with van der Waals surface area (Å²) in [7, 11) is 0. The van der Waals surface area contributed by atoms with Crippen molar-refractivity contribution in [2.24, 2.45) is 23.7 Å². The third-order valence-electron chi connectivity index (χ3n) is 5.55. The van der Waals surface area contributed by atoms with Gasteiger partial charge in [-0.1, -0.05) is 18.2 Å². The van der Waals surface area contributed by atoms with E-state index in [1.165, 1.54) is 0 Å². The van der Waals surface area contributed by atoms with Crippen molar-refractivity contribution in [2.45, 2.75) is 24.9 Å². The molecule has 4 aliphatic rings. The Morgan fingerprint density at radius 2 is 2.00 bits per heavy atom. The number of amides is 1. The number of fused-ring (bicyclic) bond motifs is 2. The van der Waals surface area contributed by atoms with Gasteiger partial charge in [0.25, 0.3) is 0 Å². The molecule has 1 N–H and O–H groups in total. The number of carbonyl (C=O) groups excluding carboxylic acids is 1. The summed E-state index contributed by atoms with van der Waals surface area (Å²) >= 11 is 0. The molecule has 1 aromatic rings. The Hall–Kier alpha value is -1.39. The summed E-state index contributed by atoms with van der Waals surface area (Å²) in [5.41, 5.74) is 0.918. The van der Waals surface area contributed by atoms with Gasteiger partial charge in [-0.3, -0.25) is 9.69 Å². The monoisotopic (exact) mass is 257 g/mol. The van der Waals surface area contributed by atoms with Crippen molar-refractivity contribution in [1.82, 2.24) is 0 Å². The lowest BCUT2D eigenvalue weighted by Crippen LogP contribution is -2.43. The number of anilines is 1. The summed E-state index contributed by atoms with van der Waals surface area (Å²) in [4.78, 5) is 14.5. The van der Waals surface area contributed by atoms with Gasteiger partial charge in [0, 0.05) is 11.6 Å². The Kier molecular flexibility index (Phi) is 1.75. The van der Waals surface area contributed by atoms with E-state index in [2.05, 4.69) is 0 Å². The highest BCUT2D eigenvalue weighted by molar-refractivity contribution is 5.99. The van der Waals surface area contributed by atoms with Crippen molar-refractivity contribution in [3.63, 3.8) is 0 Å². The van der Waals surface area contributed by atoms with Crippen LogP contribution in [0, 0.1) is 23.7 Å². The first-order valence-corrected chi connectivity index (χ1v) is 6.99. The number of nitrogens with zero attached hydrogens (tertiary/aromatic N) is 1. The highest BCUT2D eigenvalue weighted by atomic mass is 16.5. The zero-order valence-electron chi connectivity index (χ0n) is 10.3. The van der Waals surface area contributed by atoms with Gasteiger partial charge < -0.3 is 9.84 Å². The fourth-order valence-electron chi connectivity index (χ4n) is 4.92. The number of rotatable bonds is 1. The molecule has 19 heavy (non-hydrogen) atoms. The molecule has 5 rings (SSSR count). The average molecular weight is 257 g/mol. The van der Waals surface area contributed by atoms with Gasteiger partial charge in [0.05, 0.1) is 18.1 Å². The van der Waals surface area contributed by atoms with Crippen molar-refractivity contribution < 1.29 is 14.6 Å². The van der Waals surface area contributed by atoms with E-state index in [4.69, 9.17) is 4.74 Å². The number of carbonyl (C=O) groups is 1. The van der Waals surface area contributed by atoms with E-state index in [9.17, 15) is 9.90 Å². The number of aliphatic hydroxyl groups is 1. The fraction of sp³-hybridized carbons (Fsp3) is 0.533. The van der Waals surface area contributed by atoms with Gasteiger partial charge in [-0.05, 0) is 30.4 Å². The van der Waals surface area contributed by atoms with Gasteiger partial charge >= 0.3 is 0 Å². The molecular weight excluding hydrogens is 242 g/mol. The van der Waals surface area contributed by atoms with E-state index in [1.807, 2.05) is 35.2 Å². The van der Waals surface area contributed by atoms with Crippen molar-refractivity contribution in [2.75, 3.05) is 4.90 Å². The number of hydrogen-bond acceptors (Lipinski definition) is 3. The molecule has 7 atom stereocenters. The second-order valence-electron chi connectivity index (χ2n) is 6.19. The number of hydrogen-bond donors (Lipinski definition) is 1. The number of para-hydroxylation sites is 1. The molecule has 4 nitrogen and oxygen atoms in total. The second kappa shape index (κ2) is 3.19. The molecule has 1 amide bonds. The zero-order valence-corrected chi connectivity index (χ0v) is 10.3. The standard InChI is InChI=1S/C15H15NO3/c17-12-8-6-9-11-10(8)14(18)16(15(11)19-13(9)12)7-4-2-1-3-5-7/h1-5,8-13,15,17H,6H2/t8-,9-,10-,11-,12+,13+,15-/m1/s1. The van der Waals surface area contributed by atoms with E-state index in [0.717, 1.165) is 12.1 Å². The quantitative estimate of drug-likeness (QED) is 0.816. The van der Waals surface area contributed by atoms with Crippen LogP contribution >= 0.6 is 0 Å². The summed E-state index contributed by atoms with van der Waals surface area (Å²) in [6.07, 6.45) is 0.331. The van der Waals surface area contributed by atoms with Crippen LogP contribution in [0.3, 0.4) is 0 Å². The van der Waals surface area contributed by atoms with E-state index in [0.29, 0.717) is 11.8 Å². The summed E-state index contributed by atoms with van der Waals surface area (Å²) in [5, 5.41) is 10.2. The molecule has 98 valence electrons. The lowest BCUT2D eigenvalue weighted by Gasteiger charge is -2.30. The SMILES string of the molecule is O=C1[C@@H]2[C@H]3C[C@H]4[C@H](O[C@H]([C@H]42)N1c1ccccc1)[C@H]3O. The predicted octanol–water partition coefficient (Wildman–Crippen LogP) is 1.00. The minimum atomic E-state index is -0.432. The van der Waals surface area contributed by atoms with Gasteiger partial charge in [-0.2, -0.15) is 0 Å². The summed E-state index contributed by atoms with van der Waals surface area (Å²) in [5.74, 6) is 0.917. The Morgan fingerprint density at radius 1 is 1.21 bits per heavy atom. The molecule has 2 saturated heterocycles. The van der Waals surface area contributed by atoms with Crippen LogP contribution in [0.1, 0.15) is 6.42 Å². The number of benzene rings is 1. The van der Waals surface area contributed by atoms with E-state index in [-0.39, 0.29) is 30.1 Å². The Morgan fingerprint density at radius 3 is 2.79 bits per heavy atom. The molecule has 2 saturated carbocycles. The summed E-state index contributed by atoms with van der Waals surface area (Å²) in [6.45, 7) is 0. The first kappa shape index (κ1) is 10.4. The van der Waals surface area contributed by atoms with Gasteiger partial charge in [0.15, 0.2) is 0 Å². The molecule has 2 bridgehead atoms. The maximum atomic E-state index is 12.7. The Labute approximate surface area is 111 Å². The molecule has 2 aliphatic carbocycles. The van der Waals surface area contributed by atoms with Crippen LogP contribution < -0.4 is 4.90 Å². The van der Waals surface area contributed by atoms with Crippen LogP contribution in [-0.4, -0.2) is 29.4 Å². The fourth-order valence-corrected chi connectivity index (χ4v) is 4.92. The van der Waals surface area contributed by atoms with E-state index in [1.54, 1.807) is 0 Å². The first-order chi connectivity index (χ1) is 9.27. The molecular formula is C15H15NO3. The third-order valence-corrected chi connectivity index (χ3v) is 5.55. The van der Waals surface area contributed by atoms with Gasteiger partial charge in [-0.15, -0.1) is 0 Å². The van der Waals surface area contributed by atoms with Crippen molar-refractivity contribution in [3.05, 3.63) is 30.3 Å². The number of aliphatic hydroxyl groups excluding tert-OH is 1. The maximum absolute atomic E-state index is 12.7. The Balaban J connectivity index is 1.62. The molecule has 4 heteroatoms. The largest absolute Gasteiger partial charge is 0.390 e. The highest BCUT2D eigenvalue weighted by Gasteiger charge is 2.72. The molecule has 1 aromatic carbocycles. The van der Waals surface area contributed by atoms with Crippen LogP contribution in [0.5, 0.6) is 0 Å². The predicted molar refractivity (Wildman–Crippen MR) is 67.2 cm³/mol. The van der Waals surface area contributed by atoms with Crippen molar-refractivity contribution in [1.29, 1.82) is 0 Å². The average Bonchev–Trinajstić information content (AvgIpc) is 3.08. The molecule has 0 spiro atoms. The maximum Gasteiger partial charge on any atom is 0.233 e. The minimum absolute atomic E-state index is 0.0241. The lowest BCUT2D eigenvalue weighted by molar-refractivity contribution is -0.128. The molecule has 0 radical (unpaired) electrons. The Bertz CT molecular complexity index is 560.